The van der Waals surface area contributed by atoms with Crippen molar-refractivity contribution in [3.8, 4) is 16.9 Å². The summed E-state index contributed by atoms with van der Waals surface area (Å²) in [6, 6.07) is 15.3. The monoisotopic (exact) mass is 517 g/mol. The fourth-order valence-corrected chi connectivity index (χ4v) is 4.40. The molecule has 0 aliphatic carbocycles. The molecule has 7 nitrogen and oxygen atoms in total. The molecule has 0 bridgehead atoms. The summed E-state index contributed by atoms with van der Waals surface area (Å²) in [7, 11) is 1.20. The maximum absolute atomic E-state index is 13.5. The number of carbonyl (C=O) groups is 1. The van der Waals surface area contributed by atoms with E-state index in [4.69, 9.17) is 4.74 Å². The van der Waals surface area contributed by atoms with Crippen molar-refractivity contribution in [1.29, 1.82) is 0 Å². The number of carbonyl (C=O) groups excluding carboxylic acids is 1. The Bertz CT molecular complexity index is 1700. The summed E-state index contributed by atoms with van der Waals surface area (Å²) in [5, 5.41) is 8.03. The van der Waals surface area contributed by atoms with Crippen LogP contribution in [0, 0.1) is 6.92 Å². The largest absolute Gasteiger partial charge is 0.496 e. The van der Waals surface area contributed by atoms with Crippen molar-refractivity contribution >= 4 is 45.0 Å². The Morgan fingerprint density at radius 1 is 0.974 bits per heavy atom. The first-order chi connectivity index (χ1) is 18.1. The maximum Gasteiger partial charge on any atom is 0.420 e. The van der Waals surface area contributed by atoms with Gasteiger partial charge in [-0.3, -0.25) is 10.1 Å². The van der Waals surface area contributed by atoms with Crippen molar-refractivity contribution < 1.29 is 22.7 Å². The van der Waals surface area contributed by atoms with E-state index in [0.717, 1.165) is 38.9 Å². The Morgan fingerprint density at radius 3 is 2.53 bits per heavy atom. The zero-order valence-corrected chi connectivity index (χ0v) is 20.6. The molecule has 0 radical (unpaired) electrons. The molecule has 0 saturated heterocycles. The molecule has 0 saturated carbocycles. The van der Waals surface area contributed by atoms with E-state index >= 15 is 0 Å². The molecule has 0 aliphatic heterocycles. The van der Waals surface area contributed by atoms with Gasteiger partial charge in [-0.2, -0.15) is 13.2 Å². The molecule has 1 amide bonds. The molecular weight excluding hydrogens is 495 g/mol. The quantitative estimate of drug-likeness (QED) is 0.264. The predicted molar refractivity (Wildman–Crippen MR) is 141 cm³/mol. The lowest BCUT2D eigenvalue weighted by atomic mass is 9.93. The van der Waals surface area contributed by atoms with Gasteiger partial charge >= 0.3 is 6.18 Å². The van der Waals surface area contributed by atoms with E-state index in [-0.39, 0.29) is 23.3 Å². The normalized spacial score (nSPS) is 11.5. The number of halogens is 3. The number of ether oxygens (including phenoxy) is 1. The van der Waals surface area contributed by atoms with Gasteiger partial charge in [0.25, 0.3) is 0 Å². The molecular formula is C28H22F3N5O2. The number of benzene rings is 3. The van der Waals surface area contributed by atoms with Gasteiger partial charge in [0.1, 0.15) is 11.6 Å². The number of anilines is 3. The minimum Gasteiger partial charge on any atom is -0.496 e. The van der Waals surface area contributed by atoms with Crippen LogP contribution in [0.3, 0.4) is 0 Å². The van der Waals surface area contributed by atoms with Gasteiger partial charge < -0.3 is 10.1 Å². The van der Waals surface area contributed by atoms with Crippen LogP contribution < -0.4 is 15.4 Å². The van der Waals surface area contributed by atoms with Crippen molar-refractivity contribution in [2.24, 2.45) is 0 Å². The van der Waals surface area contributed by atoms with Crippen LogP contribution in [-0.4, -0.2) is 28.0 Å². The SMILES string of the molecule is COc1ccc(Nc2nccc3c(-c4ccc5nc(NC(C)=O)ncc5c4)c(C)ccc23)cc1C(F)(F)F. The number of amides is 1. The highest BCUT2D eigenvalue weighted by atomic mass is 19.4. The van der Waals surface area contributed by atoms with Gasteiger partial charge in [0, 0.05) is 35.8 Å². The summed E-state index contributed by atoms with van der Waals surface area (Å²) in [6.45, 7) is 3.38. The van der Waals surface area contributed by atoms with Crippen LogP contribution >= 0.6 is 0 Å². The Kier molecular flexibility index (Phi) is 6.31. The van der Waals surface area contributed by atoms with E-state index in [1.807, 2.05) is 43.3 Å². The second-order valence-electron chi connectivity index (χ2n) is 8.70. The zero-order chi connectivity index (χ0) is 27.0. The number of nitrogens with one attached hydrogen (secondary N) is 2. The van der Waals surface area contributed by atoms with Gasteiger partial charge in [-0.05, 0) is 65.4 Å². The smallest absolute Gasteiger partial charge is 0.420 e. The lowest BCUT2D eigenvalue weighted by molar-refractivity contribution is -0.138. The standard InChI is InChI=1S/C28H22F3N5O2/c1-15-4-7-21-20(25(15)17-5-8-23-18(12-17)14-33-27(36-23)34-16(2)37)10-11-32-26(21)35-19-6-9-24(38-3)22(13-19)28(29,30)31/h4-14H,1-3H3,(H,32,35)(H,33,34,36,37). The van der Waals surface area contributed by atoms with Gasteiger partial charge in [-0.1, -0.05) is 18.2 Å². The first kappa shape index (κ1) is 24.9. The molecule has 192 valence electrons. The number of aryl methyl sites for hydroxylation is 1. The van der Waals surface area contributed by atoms with Gasteiger partial charge in [-0.15, -0.1) is 0 Å². The van der Waals surface area contributed by atoms with Gasteiger partial charge in [0.05, 0.1) is 18.2 Å². The van der Waals surface area contributed by atoms with E-state index in [9.17, 15) is 18.0 Å². The maximum atomic E-state index is 13.5. The summed E-state index contributed by atoms with van der Waals surface area (Å²) in [5.74, 6) is 0.144. The molecule has 2 N–H and O–H groups in total. The van der Waals surface area contributed by atoms with Crippen molar-refractivity contribution in [3.63, 3.8) is 0 Å². The van der Waals surface area contributed by atoms with Crippen LogP contribution in [0.5, 0.6) is 5.75 Å². The minimum absolute atomic E-state index is 0.230. The van der Waals surface area contributed by atoms with Crippen LogP contribution in [0.1, 0.15) is 18.1 Å². The Hall–Kier alpha value is -4.73. The lowest BCUT2D eigenvalue weighted by Gasteiger charge is -2.16. The van der Waals surface area contributed by atoms with Crippen LogP contribution in [0.2, 0.25) is 0 Å². The van der Waals surface area contributed by atoms with E-state index < -0.39 is 11.7 Å². The zero-order valence-electron chi connectivity index (χ0n) is 20.6. The Labute approximate surface area is 215 Å². The highest BCUT2D eigenvalue weighted by molar-refractivity contribution is 6.04. The number of hydrogen-bond acceptors (Lipinski definition) is 6. The van der Waals surface area contributed by atoms with Gasteiger partial charge in [-0.25, -0.2) is 15.0 Å². The number of rotatable bonds is 5. The van der Waals surface area contributed by atoms with Crippen LogP contribution in [-0.2, 0) is 11.0 Å². The molecule has 2 heterocycles. The Morgan fingerprint density at radius 2 is 1.79 bits per heavy atom. The van der Waals surface area contributed by atoms with E-state index in [1.54, 1.807) is 12.4 Å². The molecule has 5 aromatic rings. The second kappa shape index (κ2) is 9.62. The third-order valence-electron chi connectivity index (χ3n) is 6.08. The molecule has 5 rings (SSSR count). The molecule has 38 heavy (non-hydrogen) atoms. The number of nitrogens with zero attached hydrogens (tertiary/aromatic N) is 3. The third-order valence-corrected chi connectivity index (χ3v) is 6.08. The molecule has 3 aromatic carbocycles. The first-order valence-electron chi connectivity index (χ1n) is 11.6. The predicted octanol–water partition coefficient (Wildman–Crippen LogP) is 6.88. The first-order valence-corrected chi connectivity index (χ1v) is 11.6. The van der Waals surface area contributed by atoms with Crippen molar-refractivity contribution in [2.75, 3.05) is 17.7 Å². The highest BCUT2D eigenvalue weighted by Gasteiger charge is 2.34. The molecule has 0 fully saturated rings. The fraction of sp³-hybridized carbons (Fsp3) is 0.143. The van der Waals surface area contributed by atoms with Crippen LogP contribution in [0.15, 0.2) is 67.0 Å². The average molecular weight is 518 g/mol. The topological polar surface area (TPSA) is 89.0 Å². The molecule has 10 heteroatoms. The molecule has 0 unspecified atom stereocenters. The van der Waals surface area contributed by atoms with E-state index in [1.165, 1.54) is 26.2 Å². The van der Waals surface area contributed by atoms with Crippen molar-refractivity contribution in [3.05, 3.63) is 78.1 Å². The highest BCUT2D eigenvalue weighted by Crippen LogP contribution is 2.40. The minimum atomic E-state index is -4.57. The number of hydrogen-bond donors (Lipinski definition) is 2. The molecule has 0 spiro atoms. The fourth-order valence-electron chi connectivity index (χ4n) is 4.40. The van der Waals surface area contributed by atoms with Crippen LogP contribution in [0.25, 0.3) is 32.8 Å². The van der Waals surface area contributed by atoms with Crippen molar-refractivity contribution in [1.82, 2.24) is 15.0 Å². The van der Waals surface area contributed by atoms with E-state index in [0.29, 0.717) is 11.3 Å². The number of aromatic nitrogens is 3. The van der Waals surface area contributed by atoms with Crippen LogP contribution in [0.4, 0.5) is 30.6 Å². The Balaban J connectivity index is 1.58. The number of alkyl halides is 3. The number of pyridine rings is 1. The number of fused-ring (bicyclic) bond motifs is 2. The summed E-state index contributed by atoms with van der Waals surface area (Å²) in [6.07, 6.45) is -1.30. The second-order valence-corrected chi connectivity index (χ2v) is 8.70. The summed E-state index contributed by atoms with van der Waals surface area (Å²) >= 11 is 0. The van der Waals surface area contributed by atoms with E-state index in [2.05, 4.69) is 25.6 Å². The third kappa shape index (κ3) is 4.80. The molecule has 0 aliphatic rings. The van der Waals surface area contributed by atoms with Gasteiger partial charge in [0.2, 0.25) is 11.9 Å². The summed E-state index contributed by atoms with van der Waals surface area (Å²) < 4.78 is 45.5. The molecule has 2 aromatic heterocycles. The average Bonchev–Trinajstić information content (AvgIpc) is 2.87. The summed E-state index contributed by atoms with van der Waals surface area (Å²) in [4.78, 5) is 24.3. The lowest BCUT2D eigenvalue weighted by Crippen LogP contribution is -2.08. The molecule has 0 atom stereocenters. The van der Waals surface area contributed by atoms with Crippen molar-refractivity contribution in [2.45, 2.75) is 20.0 Å². The summed E-state index contributed by atoms with van der Waals surface area (Å²) in [5.41, 5.74) is 2.91. The van der Waals surface area contributed by atoms with Gasteiger partial charge in [0.15, 0.2) is 0 Å². The number of methoxy groups -OCH3 is 1.